The van der Waals surface area contributed by atoms with E-state index < -0.39 is 0 Å². The first-order valence-corrected chi connectivity index (χ1v) is 11.0. The second kappa shape index (κ2) is 7.92. The molecular weight excluding hydrogens is 358 g/mol. The largest absolute Gasteiger partial charge is 0.322 e. The molecule has 3 unspecified atom stereocenters. The van der Waals surface area contributed by atoms with E-state index in [4.69, 9.17) is 0 Å². The van der Waals surface area contributed by atoms with Gasteiger partial charge in [0.1, 0.15) is 11.7 Å². The van der Waals surface area contributed by atoms with Crippen LogP contribution >= 0.6 is 0 Å². The average molecular weight is 393 g/mol. The van der Waals surface area contributed by atoms with Crippen LogP contribution < -0.4 is 15.1 Å². The molecule has 2 N–H and O–H groups in total. The van der Waals surface area contributed by atoms with E-state index in [9.17, 15) is 4.79 Å². The smallest absolute Gasteiger partial charge is 0.255 e. The van der Waals surface area contributed by atoms with Gasteiger partial charge in [-0.15, -0.1) is 0 Å². The molecular formula is C25H34N3O+. The van der Waals surface area contributed by atoms with Crippen molar-refractivity contribution in [1.29, 1.82) is 0 Å². The maximum Gasteiger partial charge on any atom is 0.255 e. The molecule has 0 radical (unpaired) electrons. The highest BCUT2D eigenvalue weighted by Gasteiger charge is 2.48. The van der Waals surface area contributed by atoms with Crippen LogP contribution in [0.2, 0.25) is 0 Å². The Morgan fingerprint density at radius 3 is 2.52 bits per heavy atom. The van der Waals surface area contributed by atoms with Crippen molar-refractivity contribution in [1.82, 2.24) is 9.80 Å². The standard InChI is InChI=1S/C25H33N3O/c1-17-7-9-23(18(2)14-17)25(29)27-21-8-10-24(19(3)15-21)28(13-5-6-20(28)4)22-11-12-26-16-22/h7-10,14-15,20,22,26H,5-6,11-13,16H2,1-4H3/p+1. The van der Waals surface area contributed by atoms with Gasteiger partial charge in [0.2, 0.25) is 0 Å². The van der Waals surface area contributed by atoms with E-state index in [0.717, 1.165) is 34.4 Å². The van der Waals surface area contributed by atoms with Crippen LogP contribution in [0.1, 0.15) is 53.2 Å². The molecule has 4 rings (SSSR count). The van der Waals surface area contributed by atoms with E-state index >= 15 is 0 Å². The number of amides is 1. The number of quaternary nitrogens is 1. The third-order valence-electron chi connectivity index (χ3n) is 7.15. The van der Waals surface area contributed by atoms with Gasteiger partial charge in [0.05, 0.1) is 12.6 Å². The monoisotopic (exact) mass is 392 g/mol. The number of hydrogen-bond donors (Lipinski definition) is 2. The van der Waals surface area contributed by atoms with Crippen LogP contribution in [-0.2, 0) is 0 Å². The van der Waals surface area contributed by atoms with Gasteiger partial charge in [-0.2, -0.15) is 0 Å². The maximum atomic E-state index is 12.8. The second-order valence-electron chi connectivity index (χ2n) is 9.07. The van der Waals surface area contributed by atoms with Gasteiger partial charge in [0.25, 0.3) is 5.91 Å². The molecule has 0 saturated carbocycles. The SMILES string of the molecule is Cc1ccc(C(=O)Nc2ccc([N+]3(C4CCNC4)CCCC3C)c(C)c2)c(C)c1. The topological polar surface area (TPSA) is 41.1 Å². The van der Waals surface area contributed by atoms with Crippen molar-refractivity contribution in [2.45, 2.75) is 59.0 Å². The summed E-state index contributed by atoms with van der Waals surface area (Å²) in [5.74, 6) is -0.0342. The molecule has 1 amide bonds. The third kappa shape index (κ3) is 3.60. The highest BCUT2D eigenvalue weighted by atomic mass is 16.1. The molecule has 154 valence electrons. The second-order valence-corrected chi connectivity index (χ2v) is 9.07. The van der Waals surface area contributed by atoms with E-state index in [0.29, 0.717) is 12.1 Å². The predicted octanol–water partition coefficient (Wildman–Crippen LogP) is 4.72. The predicted molar refractivity (Wildman–Crippen MR) is 122 cm³/mol. The quantitative estimate of drug-likeness (QED) is 0.740. The molecule has 0 aliphatic carbocycles. The molecule has 2 saturated heterocycles. The summed E-state index contributed by atoms with van der Waals surface area (Å²) in [5, 5.41) is 6.69. The van der Waals surface area contributed by atoms with Gasteiger partial charge in [-0.1, -0.05) is 17.7 Å². The number of anilines is 1. The zero-order valence-electron chi connectivity index (χ0n) is 18.2. The Kier molecular flexibility index (Phi) is 5.50. The first kappa shape index (κ1) is 20.1. The van der Waals surface area contributed by atoms with Crippen molar-refractivity contribution in [3.63, 3.8) is 0 Å². The van der Waals surface area contributed by atoms with Crippen molar-refractivity contribution in [2.24, 2.45) is 0 Å². The van der Waals surface area contributed by atoms with Gasteiger partial charge in [-0.3, -0.25) is 9.28 Å². The minimum atomic E-state index is -0.0342. The summed E-state index contributed by atoms with van der Waals surface area (Å²) in [6.07, 6.45) is 3.83. The normalized spacial score (nSPS) is 26.6. The first-order chi connectivity index (χ1) is 13.9. The Morgan fingerprint density at radius 2 is 1.90 bits per heavy atom. The van der Waals surface area contributed by atoms with E-state index in [1.165, 1.54) is 42.6 Å². The molecule has 3 atom stereocenters. The van der Waals surface area contributed by atoms with E-state index in [1.54, 1.807) is 0 Å². The number of carbonyl (C=O) groups is 1. The van der Waals surface area contributed by atoms with Crippen LogP contribution in [0.3, 0.4) is 0 Å². The lowest BCUT2D eigenvalue weighted by atomic mass is 10.0. The van der Waals surface area contributed by atoms with E-state index in [1.807, 2.05) is 19.1 Å². The van der Waals surface area contributed by atoms with Gasteiger partial charge in [0, 0.05) is 55.2 Å². The Labute approximate surface area is 174 Å². The molecule has 2 heterocycles. The van der Waals surface area contributed by atoms with Crippen molar-refractivity contribution >= 4 is 17.3 Å². The summed E-state index contributed by atoms with van der Waals surface area (Å²) in [5.41, 5.74) is 6.53. The molecule has 4 heteroatoms. The Hall–Kier alpha value is -2.17. The molecule has 2 aliphatic rings. The third-order valence-corrected chi connectivity index (χ3v) is 7.15. The van der Waals surface area contributed by atoms with Crippen LogP contribution in [0.25, 0.3) is 0 Å². The number of carbonyl (C=O) groups excluding carboxylic acids is 1. The van der Waals surface area contributed by atoms with Crippen LogP contribution in [0.5, 0.6) is 0 Å². The van der Waals surface area contributed by atoms with Gasteiger partial charge < -0.3 is 10.6 Å². The highest BCUT2D eigenvalue weighted by Crippen LogP contribution is 2.41. The summed E-state index contributed by atoms with van der Waals surface area (Å²) in [6.45, 7) is 12.1. The molecule has 0 aromatic heterocycles. The Balaban J connectivity index is 1.61. The fraction of sp³-hybridized carbons (Fsp3) is 0.480. The zero-order chi connectivity index (χ0) is 20.6. The molecule has 2 aromatic carbocycles. The minimum absolute atomic E-state index is 0.0342. The number of rotatable bonds is 4. The number of nitrogens with one attached hydrogen (secondary N) is 2. The van der Waals surface area contributed by atoms with Crippen molar-refractivity contribution in [3.8, 4) is 0 Å². The molecule has 0 bridgehead atoms. The summed E-state index contributed by atoms with van der Waals surface area (Å²) in [6, 6.07) is 13.8. The van der Waals surface area contributed by atoms with Crippen LogP contribution in [0.15, 0.2) is 36.4 Å². The van der Waals surface area contributed by atoms with Gasteiger partial charge in [-0.05, 0) is 51.5 Å². The average Bonchev–Trinajstić information content (AvgIpc) is 3.32. The van der Waals surface area contributed by atoms with Crippen LogP contribution in [-0.4, -0.2) is 37.6 Å². The molecule has 29 heavy (non-hydrogen) atoms. The van der Waals surface area contributed by atoms with Crippen molar-refractivity contribution in [3.05, 3.63) is 58.7 Å². The molecule has 2 aliphatic heterocycles. The number of nitrogens with zero attached hydrogens (tertiary/aromatic N) is 1. The molecule has 2 fully saturated rings. The number of aryl methyl sites for hydroxylation is 3. The fourth-order valence-electron chi connectivity index (χ4n) is 5.70. The number of hydrogen-bond acceptors (Lipinski definition) is 2. The lowest BCUT2D eigenvalue weighted by molar-refractivity contribution is 0.102. The lowest BCUT2D eigenvalue weighted by Gasteiger charge is -2.44. The number of benzene rings is 2. The Bertz CT molecular complexity index is 916. The van der Waals surface area contributed by atoms with Gasteiger partial charge in [0.15, 0.2) is 0 Å². The molecule has 0 spiro atoms. The fourth-order valence-corrected chi connectivity index (χ4v) is 5.70. The molecule has 4 nitrogen and oxygen atoms in total. The summed E-state index contributed by atoms with van der Waals surface area (Å²) >= 11 is 0. The van der Waals surface area contributed by atoms with Crippen molar-refractivity contribution < 1.29 is 4.79 Å². The van der Waals surface area contributed by atoms with Crippen LogP contribution in [0.4, 0.5) is 11.4 Å². The van der Waals surface area contributed by atoms with Gasteiger partial charge in [-0.25, -0.2) is 0 Å². The highest BCUT2D eigenvalue weighted by molar-refractivity contribution is 6.05. The zero-order valence-corrected chi connectivity index (χ0v) is 18.2. The molecule has 2 aromatic rings. The van der Waals surface area contributed by atoms with Gasteiger partial charge >= 0.3 is 0 Å². The number of likely N-dealkylation sites (tertiary alicyclic amines) is 1. The lowest BCUT2D eigenvalue weighted by Crippen LogP contribution is -2.60. The summed E-state index contributed by atoms with van der Waals surface area (Å²) in [7, 11) is 0. The van der Waals surface area contributed by atoms with Crippen LogP contribution in [0, 0.1) is 20.8 Å². The van der Waals surface area contributed by atoms with E-state index in [2.05, 4.69) is 55.7 Å². The summed E-state index contributed by atoms with van der Waals surface area (Å²) < 4.78 is 1.10. The minimum Gasteiger partial charge on any atom is -0.322 e. The Morgan fingerprint density at radius 1 is 1.07 bits per heavy atom. The van der Waals surface area contributed by atoms with Crippen molar-refractivity contribution in [2.75, 3.05) is 25.0 Å². The van der Waals surface area contributed by atoms with E-state index in [-0.39, 0.29) is 5.91 Å². The maximum absolute atomic E-state index is 12.8. The summed E-state index contributed by atoms with van der Waals surface area (Å²) in [4.78, 5) is 12.8. The first-order valence-electron chi connectivity index (χ1n) is 11.0.